The molecule has 1 amide bonds. The van der Waals surface area contributed by atoms with Gasteiger partial charge in [0, 0.05) is 22.0 Å². The number of rotatable bonds is 4. The maximum absolute atomic E-state index is 11.7. The van der Waals surface area contributed by atoms with E-state index in [1.165, 1.54) is 13.2 Å². The summed E-state index contributed by atoms with van der Waals surface area (Å²) in [7, 11) is 1.25. The van der Waals surface area contributed by atoms with Gasteiger partial charge in [-0.25, -0.2) is 4.79 Å². The van der Waals surface area contributed by atoms with E-state index in [4.69, 9.17) is 23.2 Å². The topological polar surface area (TPSA) is 55.4 Å². The molecule has 18 heavy (non-hydrogen) atoms. The first-order valence-electron chi connectivity index (χ1n) is 5.31. The molecule has 98 valence electrons. The van der Waals surface area contributed by atoms with E-state index in [0.29, 0.717) is 15.6 Å². The SMILES string of the molecule is CCC(=O)NC(C(=O)OC)c1ccc(Cl)cc1Cl. The Kier molecular flexibility index (Phi) is 5.44. The Balaban J connectivity index is 3.09. The Bertz CT molecular complexity index is 463. The van der Waals surface area contributed by atoms with Gasteiger partial charge < -0.3 is 10.1 Å². The second-order valence-electron chi connectivity index (χ2n) is 3.54. The number of hydrogen-bond acceptors (Lipinski definition) is 3. The van der Waals surface area contributed by atoms with Gasteiger partial charge in [-0.05, 0) is 12.1 Å². The molecule has 0 spiro atoms. The van der Waals surface area contributed by atoms with Crippen molar-refractivity contribution in [3.8, 4) is 0 Å². The minimum absolute atomic E-state index is 0.263. The zero-order valence-electron chi connectivity index (χ0n) is 10.00. The van der Waals surface area contributed by atoms with E-state index in [9.17, 15) is 9.59 Å². The van der Waals surface area contributed by atoms with Crippen LogP contribution in [0.4, 0.5) is 0 Å². The molecular formula is C12H13Cl2NO3. The Hall–Kier alpha value is -1.26. The van der Waals surface area contributed by atoms with Gasteiger partial charge in [-0.1, -0.05) is 36.2 Å². The molecule has 1 unspecified atom stereocenters. The minimum Gasteiger partial charge on any atom is -0.467 e. The van der Waals surface area contributed by atoms with Crippen molar-refractivity contribution in [2.45, 2.75) is 19.4 Å². The molecule has 0 saturated carbocycles. The summed E-state index contributed by atoms with van der Waals surface area (Å²) in [6, 6.07) is 3.76. The third kappa shape index (κ3) is 3.62. The van der Waals surface area contributed by atoms with Crippen molar-refractivity contribution in [2.75, 3.05) is 7.11 Å². The fraction of sp³-hybridized carbons (Fsp3) is 0.333. The molecule has 6 heteroatoms. The molecular weight excluding hydrogens is 277 g/mol. The fourth-order valence-corrected chi connectivity index (χ4v) is 1.90. The fourth-order valence-electron chi connectivity index (χ4n) is 1.38. The van der Waals surface area contributed by atoms with E-state index in [2.05, 4.69) is 10.1 Å². The Labute approximate surface area is 115 Å². The molecule has 0 aliphatic heterocycles. The lowest BCUT2D eigenvalue weighted by atomic mass is 10.1. The number of esters is 1. The molecule has 0 bridgehead atoms. The highest BCUT2D eigenvalue weighted by atomic mass is 35.5. The van der Waals surface area contributed by atoms with Crippen LogP contribution in [0.5, 0.6) is 0 Å². The van der Waals surface area contributed by atoms with Crippen molar-refractivity contribution < 1.29 is 14.3 Å². The summed E-state index contributed by atoms with van der Waals surface area (Å²) in [6.07, 6.45) is 0.263. The summed E-state index contributed by atoms with van der Waals surface area (Å²) in [4.78, 5) is 23.1. The van der Waals surface area contributed by atoms with Crippen molar-refractivity contribution in [1.29, 1.82) is 0 Å². The zero-order chi connectivity index (χ0) is 13.7. The summed E-state index contributed by atoms with van der Waals surface area (Å²) in [5, 5.41) is 3.31. The van der Waals surface area contributed by atoms with E-state index in [1.807, 2.05) is 0 Å². The summed E-state index contributed by atoms with van der Waals surface area (Å²) in [5.41, 5.74) is 0.453. The summed E-state index contributed by atoms with van der Waals surface area (Å²) in [6.45, 7) is 1.69. The van der Waals surface area contributed by atoms with Crippen LogP contribution < -0.4 is 5.32 Å². The highest BCUT2D eigenvalue weighted by molar-refractivity contribution is 6.35. The molecule has 0 saturated heterocycles. The van der Waals surface area contributed by atoms with Gasteiger partial charge in [0.2, 0.25) is 5.91 Å². The third-order valence-corrected chi connectivity index (χ3v) is 2.90. The van der Waals surface area contributed by atoms with E-state index in [1.54, 1.807) is 19.1 Å². The molecule has 4 nitrogen and oxygen atoms in total. The quantitative estimate of drug-likeness (QED) is 0.867. The Morgan fingerprint density at radius 3 is 2.56 bits per heavy atom. The van der Waals surface area contributed by atoms with Crippen molar-refractivity contribution in [2.24, 2.45) is 0 Å². The van der Waals surface area contributed by atoms with Gasteiger partial charge in [0.1, 0.15) is 0 Å². The van der Waals surface area contributed by atoms with Crippen LogP contribution in [0.25, 0.3) is 0 Å². The monoisotopic (exact) mass is 289 g/mol. The lowest BCUT2D eigenvalue weighted by Crippen LogP contribution is -2.34. The second kappa shape index (κ2) is 6.61. The Morgan fingerprint density at radius 2 is 2.06 bits per heavy atom. The van der Waals surface area contributed by atoms with Gasteiger partial charge in [0.25, 0.3) is 0 Å². The predicted molar refractivity (Wildman–Crippen MR) is 69.7 cm³/mol. The van der Waals surface area contributed by atoms with Crippen LogP contribution in [0.3, 0.4) is 0 Å². The number of nitrogens with one attached hydrogen (secondary N) is 1. The third-order valence-electron chi connectivity index (χ3n) is 2.34. The smallest absolute Gasteiger partial charge is 0.333 e. The molecule has 0 radical (unpaired) electrons. The average molecular weight is 290 g/mol. The molecule has 0 aliphatic carbocycles. The molecule has 1 N–H and O–H groups in total. The van der Waals surface area contributed by atoms with Gasteiger partial charge in [-0.3, -0.25) is 4.79 Å². The van der Waals surface area contributed by atoms with Crippen LogP contribution >= 0.6 is 23.2 Å². The van der Waals surface area contributed by atoms with E-state index in [0.717, 1.165) is 0 Å². The standard InChI is InChI=1S/C12H13Cl2NO3/c1-3-10(16)15-11(12(17)18-2)8-5-4-7(13)6-9(8)14/h4-6,11H,3H2,1-2H3,(H,15,16). The van der Waals surface area contributed by atoms with Crippen molar-refractivity contribution in [1.82, 2.24) is 5.32 Å². The molecule has 1 aromatic rings. The van der Waals surface area contributed by atoms with Crippen LogP contribution in [0.1, 0.15) is 24.9 Å². The molecule has 1 aromatic carbocycles. The van der Waals surface area contributed by atoms with Crippen LogP contribution in [0.2, 0.25) is 10.0 Å². The number of benzene rings is 1. The number of amides is 1. The summed E-state index contributed by atoms with van der Waals surface area (Å²) in [5.74, 6) is -0.850. The van der Waals surface area contributed by atoms with Gasteiger partial charge in [0.15, 0.2) is 6.04 Å². The van der Waals surface area contributed by atoms with E-state index >= 15 is 0 Å². The minimum atomic E-state index is -0.924. The highest BCUT2D eigenvalue weighted by Crippen LogP contribution is 2.27. The number of halogens is 2. The largest absolute Gasteiger partial charge is 0.467 e. The number of methoxy groups -OCH3 is 1. The molecule has 1 atom stereocenters. The number of hydrogen-bond donors (Lipinski definition) is 1. The Morgan fingerprint density at radius 1 is 1.39 bits per heavy atom. The van der Waals surface area contributed by atoms with Crippen molar-refractivity contribution >= 4 is 35.1 Å². The zero-order valence-corrected chi connectivity index (χ0v) is 11.5. The lowest BCUT2D eigenvalue weighted by molar-refractivity contribution is -0.145. The van der Waals surface area contributed by atoms with Crippen LogP contribution in [0, 0.1) is 0 Å². The van der Waals surface area contributed by atoms with Crippen LogP contribution in [-0.2, 0) is 14.3 Å². The summed E-state index contributed by atoms with van der Waals surface area (Å²) >= 11 is 11.8. The van der Waals surface area contributed by atoms with Gasteiger partial charge in [-0.2, -0.15) is 0 Å². The molecule has 0 aromatic heterocycles. The van der Waals surface area contributed by atoms with E-state index < -0.39 is 12.0 Å². The van der Waals surface area contributed by atoms with Gasteiger partial charge in [0.05, 0.1) is 7.11 Å². The second-order valence-corrected chi connectivity index (χ2v) is 4.39. The average Bonchev–Trinajstić information content (AvgIpc) is 2.35. The lowest BCUT2D eigenvalue weighted by Gasteiger charge is -2.17. The number of carbonyl (C=O) groups excluding carboxylic acids is 2. The first kappa shape index (κ1) is 14.8. The van der Waals surface area contributed by atoms with Crippen LogP contribution in [-0.4, -0.2) is 19.0 Å². The maximum atomic E-state index is 11.7. The predicted octanol–water partition coefficient (Wildman–Crippen LogP) is 2.73. The maximum Gasteiger partial charge on any atom is 0.333 e. The molecule has 0 heterocycles. The summed E-state index contributed by atoms with van der Waals surface area (Å²) < 4.78 is 4.65. The van der Waals surface area contributed by atoms with Crippen molar-refractivity contribution in [3.63, 3.8) is 0 Å². The van der Waals surface area contributed by atoms with Gasteiger partial charge in [-0.15, -0.1) is 0 Å². The highest BCUT2D eigenvalue weighted by Gasteiger charge is 2.25. The van der Waals surface area contributed by atoms with Crippen LogP contribution in [0.15, 0.2) is 18.2 Å². The number of carbonyl (C=O) groups is 2. The first-order chi connectivity index (χ1) is 8.49. The first-order valence-corrected chi connectivity index (χ1v) is 6.07. The van der Waals surface area contributed by atoms with Gasteiger partial charge >= 0.3 is 5.97 Å². The van der Waals surface area contributed by atoms with Crippen molar-refractivity contribution in [3.05, 3.63) is 33.8 Å². The van der Waals surface area contributed by atoms with E-state index in [-0.39, 0.29) is 12.3 Å². The normalized spacial score (nSPS) is 11.8. The number of ether oxygens (including phenoxy) is 1. The molecule has 0 fully saturated rings. The molecule has 1 rings (SSSR count). The molecule has 0 aliphatic rings.